The van der Waals surface area contributed by atoms with Crippen molar-refractivity contribution >= 4 is 86.4 Å². The highest BCUT2D eigenvalue weighted by molar-refractivity contribution is 6.62. The Labute approximate surface area is 769 Å². The summed E-state index contributed by atoms with van der Waals surface area (Å²) in [5.74, 6) is -1.42. The Bertz CT molecular complexity index is 5440. The zero-order chi connectivity index (χ0) is 96.3. The molecule has 6 amide bonds. The highest BCUT2D eigenvalue weighted by Crippen LogP contribution is 2.38. The molecule has 692 valence electrons. The lowest BCUT2D eigenvalue weighted by Crippen LogP contribution is -2.56. The molecule has 8 aromatic rings. The van der Waals surface area contributed by atoms with Crippen molar-refractivity contribution in [1.29, 1.82) is 0 Å². The van der Waals surface area contributed by atoms with E-state index in [-0.39, 0.29) is 108 Å². The third-order valence-electron chi connectivity index (χ3n) is 23.6. The zero-order valence-corrected chi connectivity index (χ0v) is 80.9. The summed E-state index contributed by atoms with van der Waals surface area (Å²) in [4.78, 5) is 111. The van der Waals surface area contributed by atoms with Crippen molar-refractivity contribution < 1.29 is 86.2 Å². The molecule has 1 unspecified atom stereocenters. The molecule has 0 saturated carbocycles. The second-order valence-corrected chi connectivity index (χ2v) is 39.6. The van der Waals surface area contributed by atoms with Gasteiger partial charge in [0, 0.05) is 84.8 Å². The van der Waals surface area contributed by atoms with Crippen LogP contribution in [0.1, 0.15) is 290 Å². The molecule has 8 aromatic carbocycles. The minimum absolute atomic E-state index is 0.00403. The summed E-state index contributed by atoms with van der Waals surface area (Å²) in [6, 6.07) is 35.9. The fraction of sp³-hybridized carbons (Fsp3) is 0.451. The van der Waals surface area contributed by atoms with E-state index in [1.54, 1.807) is 41.0 Å². The van der Waals surface area contributed by atoms with E-state index in [0.29, 0.717) is 98.3 Å². The maximum absolute atomic E-state index is 15.0. The molecule has 6 N–H and O–H groups in total. The molecule has 23 nitrogen and oxygen atoms in total. The van der Waals surface area contributed by atoms with Gasteiger partial charge in [-0.3, -0.25) is 49.2 Å². The summed E-state index contributed by atoms with van der Waals surface area (Å²) in [5, 5.41) is 42.8. The molecule has 130 heavy (non-hydrogen) atoms. The van der Waals surface area contributed by atoms with Crippen molar-refractivity contribution in [2.24, 2.45) is 16.2 Å². The molecule has 0 fully saturated rings. The molecule has 0 aromatic heterocycles. The maximum atomic E-state index is 15.0. The Morgan fingerprint density at radius 2 is 0.862 bits per heavy atom. The summed E-state index contributed by atoms with van der Waals surface area (Å²) < 4.78 is 42.6. The monoisotopic (exact) mass is 1780 g/mol. The zero-order valence-electron chi connectivity index (χ0n) is 80.9. The van der Waals surface area contributed by atoms with Gasteiger partial charge in [-0.25, -0.2) is 14.4 Å². The average molecular weight is 1780 g/mol. The van der Waals surface area contributed by atoms with Gasteiger partial charge < -0.3 is 53.3 Å². The van der Waals surface area contributed by atoms with Crippen LogP contribution in [0.4, 0.5) is 4.39 Å². The summed E-state index contributed by atoms with van der Waals surface area (Å²) in [6.45, 7) is 50.0. The number of fused-ring (bicyclic) bond motifs is 4. The van der Waals surface area contributed by atoms with Gasteiger partial charge >= 0.3 is 28.5 Å². The number of ketones is 2. The minimum Gasteiger partial charge on any atom is -0.536 e. The van der Waals surface area contributed by atoms with Gasteiger partial charge in [0.15, 0.2) is 11.6 Å². The number of halogens is 1. The number of nitrogens with one attached hydrogen (secondary N) is 2. The van der Waals surface area contributed by atoms with Gasteiger partial charge in [0.2, 0.25) is 0 Å². The molecule has 28 heteroatoms. The van der Waals surface area contributed by atoms with E-state index < -0.39 is 51.6 Å². The SMILES string of the molecule is CCCC(N(CC(=O)c1ccc2c(c1C)OB(O)CCC2)C(=O)c1cc(C)cc(C)c1)C(C)(C)C.CC[C@@H](N(NC(=O)c1ccc2c(c1F)COB2O)C(=O)c1cc(C)cc(C)c1)C(C)(C)C.Cc1cc(C)cc(C(=O)N(CC(=O)c2ccc3c(c2C)OB(O)CCC3)C(C)(C)C)c1.Cc1cc(C)cc(C(=O)N(CC(C)(C)C)NC(=O)c2ccc3c(c2C)OCCOB3O)c1. The van der Waals surface area contributed by atoms with Crippen LogP contribution in [0.3, 0.4) is 0 Å². The second-order valence-electron chi connectivity index (χ2n) is 39.6. The summed E-state index contributed by atoms with van der Waals surface area (Å²) in [7, 11) is -4.03. The number of Topliss-reactive ketones (excluding diaryl/α,β-unsaturated/α-hetero) is 2. The van der Waals surface area contributed by atoms with Gasteiger partial charge in [0.25, 0.3) is 35.4 Å². The maximum Gasteiger partial charge on any atom is 0.522 e. The van der Waals surface area contributed by atoms with Crippen molar-refractivity contribution in [2.45, 2.75) is 255 Å². The smallest absolute Gasteiger partial charge is 0.522 e. The molecule has 0 spiro atoms. The standard InChI is InChI=1S/C29H40BNO4.C25H32BNO4.C24H30BFN2O4.C24H31BN2O5/c1-8-10-26(29(5,6)7)31(28(33)23-16-19(2)15-20(3)17-23)18-25(32)24-13-12-22-11-9-14-30(34)35-27(22)21(24)4;1-16-12-17(2)14-20(13-16)24(29)27(25(4,5)6)15-22(28)21-10-9-19-8-7-11-26(30)31-23(19)18(21)3;1-7-20(24(4,5)6)28(23(30)16-11-14(2)10-15(3)12-16)27-22(29)17-8-9-19-18(21(17)26)13-32-25(19)31;1-15-11-16(2)13-18(12-15)23(29)27(14-24(4,5)6)26-22(28)19-7-8-20-21(17(19)3)31-9-10-32-25(20)30/h12-13,15-17,26,34H,8-11,14,18H2,1-7H3;9-10,12-14,30H,7-8,11,15H2,1-6H3;8-12,20,31H,7,13H2,1-6H3,(H,27,29);7-8,11-13,30H,9-10,14H2,1-6H3,(H,26,28)/t;;20-;/m..1./s1. The Balaban J connectivity index is 0.000000196. The number of benzene rings is 8. The first-order valence-corrected chi connectivity index (χ1v) is 45.2. The molecule has 4 aliphatic heterocycles. The van der Waals surface area contributed by atoms with Crippen molar-refractivity contribution in [3.05, 3.63) is 250 Å². The first-order chi connectivity index (χ1) is 60.8. The molecule has 4 heterocycles. The number of carbonyl (C=O) groups is 8. The lowest BCUT2D eigenvalue weighted by molar-refractivity contribution is 0.0283. The number of rotatable bonds is 18. The number of amides is 6. The number of ether oxygens (including phenoxy) is 1. The quantitative estimate of drug-likeness (QED) is 0.0264. The number of nitrogens with zero attached hydrogens (tertiary/aromatic N) is 4. The van der Waals surface area contributed by atoms with E-state index in [9.17, 15) is 58.5 Å². The summed E-state index contributed by atoms with van der Waals surface area (Å²) >= 11 is 0. The molecular formula is C102H133B4FN6O17. The highest BCUT2D eigenvalue weighted by Gasteiger charge is 2.41. The molecular weight excluding hydrogens is 1640 g/mol. The van der Waals surface area contributed by atoms with Crippen LogP contribution in [-0.2, 0) is 28.8 Å². The molecule has 2 atom stereocenters. The predicted molar refractivity (Wildman–Crippen MR) is 512 cm³/mol. The van der Waals surface area contributed by atoms with E-state index >= 15 is 4.39 Å². The number of hydrazine groups is 2. The molecule has 12 rings (SSSR count). The highest BCUT2D eigenvalue weighted by atomic mass is 19.1. The number of carbonyl (C=O) groups excluding carboxylic acids is 8. The first-order valence-electron chi connectivity index (χ1n) is 45.2. The molecule has 0 saturated heterocycles. The van der Waals surface area contributed by atoms with Crippen molar-refractivity contribution in [2.75, 3.05) is 32.8 Å². The van der Waals surface area contributed by atoms with Crippen molar-refractivity contribution in [1.82, 2.24) is 30.7 Å². The lowest BCUT2D eigenvalue weighted by atomic mass is 9.77. The van der Waals surface area contributed by atoms with Gasteiger partial charge in [0.05, 0.1) is 37.9 Å². The van der Waals surface area contributed by atoms with Gasteiger partial charge in [-0.1, -0.05) is 188 Å². The van der Waals surface area contributed by atoms with Crippen LogP contribution in [0.5, 0.6) is 17.2 Å². The fourth-order valence-corrected chi connectivity index (χ4v) is 17.5. The second kappa shape index (κ2) is 43.5. The van der Waals surface area contributed by atoms with Gasteiger partial charge in [-0.05, 0) is 242 Å². The van der Waals surface area contributed by atoms with Crippen LogP contribution in [0.2, 0.25) is 12.6 Å². The Kier molecular flexibility index (Phi) is 34.5. The number of hydrogen-bond acceptors (Lipinski definition) is 17. The summed E-state index contributed by atoms with van der Waals surface area (Å²) in [6.07, 6.45) is 6.74. The van der Waals surface area contributed by atoms with Gasteiger partial charge in [0.1, 0.15) is 29.7 Å². The third-order valence-corrected chi connectivity index (χ3v) is 23.6. The normalized spacial score (nSPS) is 14.1. The van der Waals surface area contributed by atoms with Gasteiger partial charge in [-0.2, -0.15) is 0 Å². The van der Waals surface area contributed by atoms with Crippen LogP contribution in [-0.4, -0.2) is 166 Å². The largest absolute Gasteiger partial charge is 0.536 e. The van der Waals surface area contributed by atoms with Crippen LogP contribution >= 0.6 is 0 Å². The fourth-order valence-electron chi connectivity index (χ4n) is 17.5. The average Bonchev–Trinajstić information content (AvgIpc) is 1.43. The number of aryl methyl sites for hydroxylation is 10. The van der Waals surface area contributed by atoms with Crippen LogP contribution in [0.15, 0.2) is 121 Å². The van der Waals surface area contributed by atoms with E-state index in [4.69, 9.17) is 23.4 Å². The molecule has 4 aliphatic rings. The summed E-state index contributed by atoms with van der Waals surface area (Å²) in [5.41, 5.74) is 20.5. The molecule has 0 aliphatic carbocycles. The van der Waals surface area contributed by atoms with E-state index in [2.05, 4.69) is 38.5 Å². The lowest BCUT2D eigenvalue weighted by Gasteiger charge is -2.40. The van der Waals surface area contributed by atoms with Crippen LogP contribution < -0.4 is 35.8 Å². The van der Waals surface area contributed by atoms with Crippen molar-refractivity contribution in [3.63, 3.8) is 0 Å². The number of hydrogen-bond donors (Lipinski definition) is 6. The predicted octanol–water partition coefficient (Wildman–Crippen LogP) is 16.3. The molecule has 0 bridgehead atoms. The van der Waals surface area contributed by atoms with Gasteiger partial charge in [-0.15, -0.1) is 0 Å². The van der Waals surface area contributed by atoms with E-state index in [0.717, 1.165) is 105 Å². The van der Waals surface area contributed by atoms with E-state index in [1.165, 1.54) is 22.2 Å². The van der Waals surface area contributed by atoms with E-state index in [1.807, 2.05) is 223 Å². The minimum atomic E-state index is -1.20. The Morgan fingerprint density at radius 1 is 0.454 bits per heavy atom. The Hall–Kier alpha value is -10.7. The Morgan fingerprint density at radius 3 is 1.31 bits per heavy atom. The third kappa shape index (κ3) is 26.4. The van der Waals surface area contributed by atoms with Crippen LogP contribution in [0.25, 0.3) is 0 Å². The molecule has 0 radical (unpaired) electrons. The van der Waals surface area contributed by atoms with Crippen LogP contribution in [0, 0.1) is 98.2 Å². The topological polar surface area (TPSA) is 301 Å². The van der Waals surface area contributed by atoms with Crippen molar-refractivity contribution in [3.8, 4) is 17.2 Å². The first kappa shape index (κ1) is 103.